The van der Waals surface area contributed by atoms with Gasteiger partial charge in [-0.3, -0.25) is 5.10 Å². The highest BCUT2D eigenvalue weighted by Gasteiger charge is 2.25. The van der Waals surface area contributed by atoms with Crippen molar-refractivity contribution in [1.82, 2.24) is 20.2 Å². The summed E-state index contributed by atoms with van der Waals surface area (Å²) in [6.45, 7) is 6.72. The van der Waals surface area contributed by atoms with E-state index >= 15 is 0 Å². The molecule has 120 valence electrons. The van der Waals surface area contributed by atoms with Crippen LogP contribution in [0.5, 0.6) is 0 Å². The largest absolute Gasteiger partial charge is 0.309 e. The minimum atomic E-state index is -3.49. The van der Waals surface area contributed by atoms with Crippen molar-refractivity contribution < 1.29 is 8.42 Å². The molecule has 1 fully saturated rings. The van der Waals surface area contributed by atoms with Crippen molar-refractivity contribution in [1.29, 1.82) is 0 Å². The van der Waals surface area contributed by atoms with Crippen LogP contribution in [0.3, 0.4) is 0 Å². The minimum Gasteiger partial charge on any atom is -0.309 e. The molecule has 3 N–H and O–H groups in total. The Morgan fingerprint density at radius 1 is 1.38 bits per heavy atom. The van der Waals surface area contributed by atoms with E-state index in [4.69, 9.17) is 0 Å². The molecule has 1 heterocycles. The third-order valence-electron chi connectivity index (χ3n) is 3.69. The molecule has 2 rings (SSSR count). The molecule has 7 heteroatoms. The Balaban J connectivity index is 1.98. The predicted molar refractivity (Wildman–Crippen MR) is 82.4 cm³/mol. The van der Waals surface area contributed by atoms with Crippen LogP contribution in [0.25, 0.3) is 0 Å². The topological polar surface area (TPSA) is 86.9 Å². The number of rotatable bonds is 9. The van der Waals surface area contributed by atoms with E-state index in [1.165, 1.54) is 12.8 Å². The Morgan fingerprint density at radius 3 is 2.71 bits per heavy atom. The molecule has 1 aromatic heterocycles. The normalized spacial score (nSPS) is 15.8. The second-order valence-electron chi connectivity index (χ2n) is 6.14. The zero-order chi connectivity index (χ0) is 15.5. The van der Waals surface area contributed by atoms with Crippen LogP contribution in [0.2, 0.25) is 0 Å². The van der Waals surface area contributed by atoms with E-state index in [-0.39, 0.29) is 6.04 Å². The van der Waals surface area contributed by atoms with Crippen LogP contribution < -0.4 is 10.0 Å². The summed E-state index contributed by atoms with van der Waals surface area (Å²) >= 11 is 0. The smallest absolute Gasteiger partial charge is 0.244 e. The molecular weight excluding hydrogens is 288 g/mol. The first-order valence-electron chi connectivity index (χ1n) is 7.67. The molecule has 0 unspecified atom stereocenters. The first kappa shape index (κ1) is 16.5. The number of H-pyrrole nitrogens is 1. The highest BCUT2D eigenvalue weighted by Crippen LogP contribution is 2.33. The fourth-order valence-electron chi connectivity index (χ4n) is 2.32. The maximum absolute atomic E-state index is 12.4. The third kappa shape index (κ3) is 4.79. The molecule has 0 atom stereocenters. The van der Waals surface area contributed by atoms with Crippen molar-refractivity contribution in [3.8, 4) is 0 Å². The Morgan fingerprint density at radius 2 is 2.10 bits per heavy atom. The van der Waals surface area contributed by atoms with E-state index in [0.717, 1.165) is 18.8 Å². The standard InChI is InChI=1S/C14H26N4O2S/c1-10(2)15-9-13-14(11(3)17-18-13)21(19,20)16-8-4-5-12-6-7-12/h10,12,15-16H,4-9H2,1-3H3,(H,17,18). The van der Waals surface area contributed by atoms with Crippen molar-refractivity contribution >= 4 is 10.0 Å². The first-order valence-corrected chi connectivity index (χ1v) is 9.15. The molecule has 1 aliphatic rings. The molecule has 0 amide bonds. The SMILES string of the molecule is Cc1[nH]nc(CNC(C)C)c1S(=O)(=O)NCCCC1CC1. The van der Waals surface area contributed by atoms with Crippen molar-refractivity contribution in [2.75, 3.05) is 6.54 Å². The van der Waals surface area contributed by atoms with E-state index in [9.17, 15) is 8.42 Å². The van der Waals surface area contributed by atoms with Gasteiger partial charge in [-0.05, 0) is 25.7 Å². The maximum atomic E-state index is 12.4. The summed E-state index contributed by atoms with van der Waals surface area (Å²) in [5.74, 6) is 0.830. The molecule has 0 radical (unpaired) electrons. The van der Waals surface area contributed by atoms with Gasteiger partial charge in [0.2, 0.25) is 10.0 Å². The lowest BCUT2D eigenvalue weighted by Crippen LogP contribution is -2.28. The maximum Gasteiger partial charge on any atom is 0.244 e. The summed E-state index contributed by atoms with van der Waals surface area (Å²) in [4.78, 5) is 0.294. The second kappa shape index (κ2) is 6.89. The lowest BCUT2D eigenvalue weighted by atomic mass is 10.2. The number of aromatic amines is 1. The number of hydrogen-bond donors (Lipinski definition) is 3. The van der Waals surface area contributed by atoms with Gasteiger partial charge in [-0.2, -0.15) is 5.10 Å². The van der Waals surface area contributed by atoms with Crippen LogP contribution in [0.15, 0.2) is 4.90 Å². The fraction of sp³-hybridized carbons (Fsp3) is 0.786. The Kier molecular flexibility index (Phi) is 5.40. The number of hydrogen-bond acceptors (Lipinski definition) is 4. The van der Waals surface area contributed by atoms with Crippen molar-refractivity contribution in [3.05, 3.63) is 11.4 Å². The zero-order valence-corrected chi connectivity index (χ0v) is 13.9. The Bertz CT molecular complexity index is 562. The quantitative estimate of drug-likeness (QED) is 0.605. The number of aryl methyl sites for hydroxylation is 1. The summed E-state index contributed by atoms with van der Waals surface area (Å²) < 4.78 is 27.6. The van der Waals surface area contributed by atoms with Gasteiger partial charge in [0.05, 0.1) is 11.4 Å². The van der Waals surface area contributed by atoms with Gasteiger partial charge < -0.3 is 5.32 Å². The summed E-state index contributed by atoms with van der Waals surface area (Å²) in [6.07, 6.45) is 4.63. The third-order valence-corrected chi connectivity index (χ3v) is 5.35. The molecule has 1 aromatic rings. The number of nitrogens with zero attached hydrogens (tertiary/aromatic N) is 1. The van der Waals surface area contributed by atoms with Gasteiger partial charge in [0.25, 0.3) is 0 Å². The van der Waals surface area contributed by atoms with Gasteiger partial charge in [0.1, 0.15) is 4.90 Å². The summed E-state index contributed by atoms with van der Waals surface area (Å²) in [6, 6.07) is 0.282. The van der Waals surface area contributed by atoms with Crippen molar-refractivity contribution in [2.45, 2.75) is 63.9 Å². The molecular formula is C14H26N4O2S. The average Bonchev–Trinajstić information content (AvgIpc) is 3.14. The van der Waals surface area contributed by atoms with Crippen molar-refractivity contribution in [3.63, 3.8) is 0 Å². The van der Waals surface area contributed by atoms with Gasteiger partial charge in [0, 0.05) is 19.1 Å². The molecule has 0 saturated heterocycles. The first-order chi connectivity index (χ1) is 9.90. The molecule has 0 aliphatic heterocycles. The van der Waals surface area contributed by atoms with Crippen LogP contribution in [-0.2, 0) is 16.6 Å². The van der Waals surface area contributed by atoms with Crippen LogP contribution in [0, 0.1) is 12.8 Å². The number of aromatic nitrogens is 2. The molecule has 1 aliphatic carbocycles. The average molecular weight is 314 g/mol. The van der Waals surface area contributed by atoms with Gasteiger partial charge in [-0.15, -0.1) is 0 Å². The van der Waals surface area contributed by atoms with E-state index in [2.05, 4.69) is 20.2 Å². The molecule has 0 spiro atoms. The van der Waals surface area contributed by atoms with E-state index in [0.29, 0.717) is 29.4 Å². The Hall–Kier alpha value is -0.920. The highest BCUT2D eigenvalue weighted by molar-refractivity contribution is 7.89. The van der Waals surface area contributed by atoms with Crippen LogP contribution in [0.1, 0.15) is 50.9 Å². The zero-order valence-electron chi connectivity index (χ0n) is 13.1. The van der Waals surface area contributed by atoms with E-state index in [1.807, 2.05) is 13.8 Å². The van der Waals surface area contributed by atoms with E-state index < -0.39 is 10.0 Å². The van der Waals surface area contributed by atoms with Gasteiger partial charge in [0.15, 0.2) is 0 Å². The highest BCUT2D eigenvalue weighted by atomic mass is 32.2. The van der Waals surface area contributed by atoms with E-state index in [1.54, 1.807) is 6.92 Å². The lowest BCUT2D eigenvalue weighted by Gasteiger charge is -2.10. The molecule has 0 bridgehead atoms. The summed E-state index contributed by atoms with van der Waals surface area (Å²) in [5, 5.41) is 10.1. The predicted octanol–water partition coefficient (Wildman–Crippen LogP) is 1.68. The number of sulfonamides is 1. The second-order valence-corrected chi connectivity index (χ2v) is 7.85. The Labute approximate surface area is 127 Å². The lowest BCUT2D eigenvalue weighted by molar-refractivity contribution is 0.559. The molecule has 6 nitrogen and oxygen atoms in total. The summed E-state index contributed by atoms with van der Waals surface area (Å²) in [5.41, 5.74) is 1.14. The van der Waals surface area contributed by atoms with Crippen LogP contribution >= 0.6 is 0 Å². The molecule has 21 heavy (non-hydrogen) atoms. The molecule has 1 saturated carbocycles. The summed E-state index contributed by atoms with van der Waals surface area (Å²) in [7, 11) is -3.49. The van der Waals surface area contributed by atoms with Gasteiger partial charge in [-0.1, -0.05) is 26.7 Å². The van der Waals surface area contributed by atoms with Gasteiger partial charge >= 0.3 is 0 Å². The van der Waals surface area contributed by atoms with Crippen LogP contribution in [-0.4, -0.2) is 31.2 Å². The number of nitrogens with one attached hydrogen (secondary N) is 3. The van der Waals surface area contributed by atoms with Crippen LogP contribution in [0.4, 0.5) is 0 Å². The minimum absolute atomic E-state index is 0.282. The monoisotopic (exact) mass is 314 g/mol. The fourth-order valence-corrected chi connectivity index (χ4v) is 3.76. The van der Waals surface area contributed by atoms with Gasteiger partial charge in [-0.25, -0.2) is 13.1 Å². The molecule has 0 aromatic carbocycles. The van der Waals surface area contributed by atoms with Crippen molar-refractivity contribution in [2.24, 2.45) is 5.92 Å².